The van der Waals surface area contributed by atoms with E-state index in [2.05, 4.69) is 15.9 Å². The Balaban J connectivity index is 2.72. The van der Waals surface area contributed by atoms with Crippen molar-refractivity contribution < 1.29 is 17.9 Å². The summed E-state index contributed by atoms with van der Waals surface area (Å²) in [6.07, 6.45) is -4.39. The van der Waals surface area contributed by atoms with E-state index in [1.807, 2.05) is 26.0 Å². The largest absolute Gasteiger partial charge is 0.493 e. The quantitative estimate of drug-likeness (QED) is 0.770. The Kier molecular flexibility index (Phi) is 6.33. The average Bonchev–Trinajstić information content (AvgIpc) is 2.24. The molecule has 0 radical (unpaired) electrons. The Labute approximate surface area is 125 Å². The molecular weight excluding hydrogens is 335 g/mol. The number of aryl methyl sites for hydroxylation is 1. The lowest BCUT2D eigenvalue weighted by Crippen LogP contribution is -2.19. The van der Waals surface area contributed by atoms with Gasteiger partial charge in [-0.15, -0.1) is 0 Å². The number of benzene rings is 1. The Hall–Kier alpha value is -0.750. The van der Waals surface area contributed by atoms with Gasteiger partial charge >= 0.3 is 6.18 Å². The number of alkyl halides is 3. The molecule has 0 spiro atoms. The van der Waals surface area contributed by atoms with Crippen molar-refractivity contribution in [3.8, 4) is 5.75 Å². The molecular formula is C14H19BrF3NO. The first-order valence-electron chi connectivity index (χ1n) is 6.43. The molecule has 2 nitrogen and oxygen atoms in total. The van der Waals surface area contributed by atoms with E-state index in [4.69, 9.17) is 10.5 Å². The molecule has 0 saturated carbocycles. The highest BCUT2D eigenvalue weighted by Gasteiger charge is 2.26. The monoisotopic (exact) mass is 353 g/mol. The second kappa shape index (κ2) is 7.31. The molecule has 6 heteroatoms. The number of rotatable bonds is 6. The third-order valence-corrected chi connectivity index (χ3v) is 3.17. The molecule has 0 amide bonds. The van der Waals surface area contributed by atoms with Crippen molar-refractivity contribution in [3.05, 3.63) is 27.7 Å². The second-order valence-corrected chi connectivity index (χ2v) is 5.88. The fourth-order valence-electron chi connectivity index (χ4n) is 1.95. The lowest BCUT2D eigenvalue weighted by atomic mass is 10.0. The minimum absolute atomic E-state index is 0.0405. The highest BCUT2D eigenvalue weighted by Crippen LogP contribution is 2.29. The minimum atomic E-state index is -4.13. The van der Waals surface area contributed by atoms with E-state index < -0.39 is 12.6 Å². The van der Waals surface area contributed by atoms with E-state index in [1.54, 1.807) is 0 Å². The van der Waals surface area contributed by atoms with E-state index in [0.29, 0.717) is 12.2 Å². The fourth-order valence-corrected chi connectivity index (χ4v) is 2.57. The van der Waals surface area contributed by atoms with Gasteiger partial charge in [0.15, 0.2) is 0 Å². The highest BCUT2D eigenvalue weighted by atomic mass is 79.9. The number of nitrogens with two attached hydrogens (primary N) is 1. The maximum absolute atomic E-state index is 12.1. The number of hydrogen-bond acceptors (Lipinski definition) is 2. The third kappa shape index (κ3) is 6.13. The van der Waals surface area contributed by atoms with Gasteiger partial charge in [-0.3, -0.25) is 0 Å². The standard InChI is InChI=1S/C14H19BrF3NO/c1-9-6-12(15)8-11(7-10(2)19)13(9)20-5-3-4-14(16,17)18/h6,8,10H,3-5,7,19H2,1-2H3. The molecule has 0 aliphatic heterocycles. The van der Waals surface area contributed by atoms with Crippen molar-refractivity contribution in [2.75, 3.05) is 6.61 Å². The van der Waals surface area contributed by atoms with Crippen molar-refractivity contribution in [2.45, 2.75) is 45.3 Å². The van der Waals surface area contributed by atoms with Crippen LogP contribution in [-0.2, 0) is 6.42 Å². The van der Waals surface area contributed by atoms with Crippen molar-refractivity contribution in [2.24, 2.45) is 5.73 Å². The van der Waals surface area contributed by atoms with Crippen LogP contribution in [-0.4, -0.2) is 18.8 Å². The average molecular weight is 354 g/mol. The zero-order chi connectivity index (χ0) is 15.3. The first kappa shape index (κ1) is 17.3. The van der Waals surface area contributed by atoms with Crippen molar-refractivity contribution in [3.63, 3.8) is 0 Å². The van der Waals surface area contributed by atoms with Crippen LogP contribution in [0.15, 0.2) is 16.6 Å². The van der Waals surface area contributed by atoms with Crippen LogP contribution in [0, 0.1) is 6.92 Å². The summed E-state index contributed by atoms with van der Waals surface area (Å²) in [5, 5.41) is 0. The molecule has 0 heterocycles. The predicted molar refractivity (Wildman–Crippen MR) is 77.0 cm³/mol. The molecule has 0 aromatic heterocycles. The zero-order valence-corrected chi connectivity index (χ0v) is 13.1. The summed E-state index contributed by atoms with van der Waals surface area (Å²) in [4.78, 5) is 0. The summed E-state index contributed by atoms with van der Waals surface area (Å²) in [5.41, 5.74) is 7.59. The first-order chi connectivity index (χ1) is 9.19. The van der Waals surface area contributed by atoms with Crippen LogP contribution in [0.3, 0.4) is 0 Å². The molecule has 0 aliphatic carbocycles. The van der Waals surface area contributed by atoms with Crippen LogP contribution in [0.1, 0.15) is 30.9 Å². The second-order valence-electron chi connectivity index (χ2n) is 4.96. The van der Waals surface area contributed by atoms with Crippen molar-refractivity contribution in [1.29, 1.82) is 0 Å². The summed E-state index contributed by atoms with van der Waals surface area (Å²) < 4.78 is 42.7. The topological polar surface area (TPSA) is 35.2 Å². The van der Waals surface area contributed by atoms with Gasteiger partial charge < -0.3 is 10.5 Å². The molecule has 2 N–H and O–H groups in total. The first-order valence-corrected chi connectivity index (χ1v) is 7.22. The summed E-state index contributed by atoms with van der Waals surface area (Å²) in [6, 6.07) is 3.74. The van der Waals surface area contributed by atoms with Gasteiger partial charge in [0.05, 0.1) is 6.61 Å². The van der Waals surface area contributed by atoms with E-state index >= 15 is 0 Å². The third-order valence-electron chi connectivity index (χ3n) is 2.71. The molecule has 1 atom stereocenters. The molecule has 1 aromatic carbocycles. The maximum Gasteiger partial charge on any atom is 0.389 e. The van der Waals surface area contributed by atoms with Crippen LogP contribution in [0.25, 0.3) is 0 Å². The Morgan fingerprint density at radius 3 is 2.55 bits per heavy atom. The van der Waals surface area contributed by atoms with Crippen molar-refractivity contribution in [1.82, 2.24) is 0 Å². The number of hydrogen-bond donors (Lipinski definition) is 1. The van der Waals surface area contributed by atoms with Crippen molar-refractivity contribution >= 4 is 15.9 Å². The number of ether oxygens (including phenoxy) is 1. The van der Waals surface area contributed by atoms with Crippen LogP contribution >= 0.6 is 15.9 Å². The zero-order valence-electron chi connectivity index (χ0n) is 11.6. The minimum Gasteiger partial charge on any atom is -0.493 e. The molecule has 114 valence electrons. The van der Waals surface area contributed by atoms with Gasteiger partial charge in [0, 0.05) is 16.9 Å². The van der Waals surface area contributed by atoms with Gasteiger partial charge in [-0.25, -0.2) is 0 Å². The van der Waals surface area contributed by atoms with E-state index in [9.17, 15) is 13.2 Å². The molecule has 0 aliphatic rings. The van der Waals surface area contributed by atoms with Gasteiger partial charge in [0.2, 0.25) is 0 Å². The summed E-state index contributed by atoms with van der Waals surface area (Å²) in [5.74, 6) is 0.646. The van der Waals surface area contributed by atoms with Gasteiger partial charge in [-0.1, -0.05) is 15.9 Å². The highest BCUT2D eigenvalue weighted by molar-refractivity contribution is 9.10. The SMILES string of the molecule is Cc1cc(Br)cc(CC(C)N)c1OCCCC(F)(F)F. The van der Waals surface area contributed by atoms with Crippen LogP contribution < -0.4 is 10.5 Å². The molecule has 1 aromatic rings. The van der Waals surface area contributed by atoms with Crippen LogP contribution in [0.2, 0.25) is 0 Å². The van der Waals surface area contributed by atoms with E-state index in [0.717, 1.165) is 15.6 Å². The smallest absolute Gasteiger partial charge is 0.389 e. The summed E-state index contributed by atoms with van der Waals surface area (Å²) in [6.45, 7) is 3.80. The Morgan fingerprint density at radius 1 is 1.35 bits per heavy atom. The molecule has 0 saturated heterocycles. The normalized spacial score (nSPS) is 13.3. The number of halogens is 4. The predicted octanol–water partition coefficient (Wildman–Crippen LogP) is 4.37. The Morgan fingerprint density at radius 2 is 2.00 bits per heavy atom. The summed E-state index contributed by atoms with van der Waals surface area (Å²) >= 11 is 3.40. The Bertz CT molecular complexity index is 447. The molecule has 1 rings (SSSR count). The molecule has 20 heavy (non-hydrogen) atoms. The van der Waals surface area contributed by atoms with E-state index in [1.165, 1.54) is 0 Å². The molecule has 0 bridgehead atoms. The molecule has 0 fully saturated rings. The van der Waals surface area contributed by atoms with Gasteiger partial charge in [0.1, 0.15) is 5.75 Å². The summed E-state index contributed by atoms with van der Waals surface area (Å²) in [7, 11) is 0. The fraction of sp³-hybridized carbons (Fsp3) is 0.571. The lowest BCUT2D eigenvalue weighted by molar-refractivity contribution is -0.136. The van der Waals surface area contributed by atoms with E-state index in [-0.39, 0.29) is 19.1 Å². The van der Waals surface area contributed by atoms with Crippen LogP contribution in [0.4, 0.5) is 13.2 Å². The molecule has 1 unspecified atom stereocenters. The van der Waals surface area contributed by atoms with Gasteiger partial charge in [-0.05, 0) is 49.9 Å². The van der Waals surface area contributed by atoms with Gasteiger partial charge in [0.25, 0.3) is 0 Å². The van der Waals surface area contributed by atoms with Crippen LogP contribution in [0.5, 0.6) is 5.75 Å². The lowest BCUT2D eigenvalue weighted by Gasteiger charge is -2.16. The maximum atomic E-state index is 12.1. The van der Waals surface area contributed by atoms with Gasteiger partial charge in [-0.2, -0.15) is 13.2 Å².